The molecule has 0 aromatic heterocycles. The summed E-state index contributed by atoms with van der Waals surface area (Å²) in [5, 5.41) is 9.89. The molecule has 1 aliphatic rings. The summed E-state index contributed by atoms with van der Waals surface area (Å²) in [5.74, 6) is 1.12. The van der Waals surface area contributed by atoms with E-state index < -0.39 is 0 Å². The predicted octanol–water partition coefficient (Wildman–Crippen LogP) is 3.28. The fourth-order valence-corrected chi connectivity index (χ4v) is 2.03. The first-order chi connectivity index (χ1) is 7.61. The van der Waals surface area contributed by atoms with E-state index in [0.717, 1.165) is 17.9 Å². The van der Waals surface area contributed by atoms with Crippen LogP contribution < -0.4 is 10.5 Å². The molecule has 0 saturated heterocycles. The van der Waals surface area contributed by atoms with Gasteiger partial charge in [-0.3, -0.25) is 0 Å². The zero-order valence-electron chi connectivity index (χ0n) is 9.65. The Hall–Kier alpha value is -0.640. The number of aromatic hydroxyl groups is 1. The first kappa shape index (κ1) is 14.4. The Labute approximate surface area is 112 Å². The number of rotatable bonds is 4. The van der Waals surface area contributed by atoms with Crippen molar-refractivity contribution in [2.45, 2.75) is 25.3 Å². The normalized spacial score (nSPS) is 16.2. The zero-order chi connectivity index (χ0) is 11.7. The number of nitrogens with two attached hydrogens (primary N) is 1. The molecular formula is C12H17Cl2NO2. The Kier molecular flexibility index (Phi) is 4.92. The number of hydrogen-bond acceptors (Lipinski definition) is 3. The van der Waals surface area contributed by atoms with Crippen molar-refractivity contribution in [2.24, 2.45) is 11.7 Å². The lowest BCUT2D eigenvalue weighted by Gasteiger charge is -2.14. The van der Waals surface area contributed by atoms with Gasteiger partial charge in [0.25, 0.3) is 0 Å². The summed E-state index contributed by atoms with van der Waals surface area (Å²) in [6.07, 6.45) is 3.53. The fourth-order valence-electron chi connectivity index (χ4n) is 1.81. The van der Waals surface area contributed by atoms with Crippen LogP contribution in [0.2, 0.25) is 5.02 Å². The van der Waals surface area contributed by atoms with Crippen molar-refractivity contribution in [3.05, 3.63) is 22.7 Å². The highest BCUT2D eigenvalue weighted by Crippen LogP contribution is 2.40. The molecule has 0 amide bonds. The lowest BCUT2D eigenvalue weighted by molar-refractivity contribution is 0.372. The fraction of sp³-hybridized carbons (Fsp3) is 0.500. The molecule has 1 atom stereocenters. The molecule has 0 unspecified atom stereocenters. The van der Waals surface area contributed by atoms with E-state index in [9.17, 15) is 5.11 Å². The molecule has 1 saturated carbocycles. The maximum Gasteiger partial charge on any atom is 0.176 e. The van der Waals surface area contributed by atoms with Gasteiger partial charge in [-0.05, 0) is 30.0 Å². The van der Waals surface area contributed by atoms with E-state index in [1.807, 2.05) is 0 Å². The van der Waals surface area contributed by atoms with Crippen molar-refractivity contribution in [3.63, 3.8) is 0 Å². The molecule has 0 aliphatic heterocycles. The number of halogens is 2. The minimum Gasteiger partial charge on any atom is -0.503 e. The molecule has 0 heterocycles. The van der Waals surface area contributed by atoms with Gasteiger partial charge < -0.3 is 15.6 Å². The molecular weight excluding hydrogens is 261 g/mol. The van der Waals surface area contributed by atoms with Crippen LogP contribution in [-0.4, -0.2) is 12.2 Å². The highest BCUT2D eigenvalue weighted by Gasteiger charge is 2.25. The monoisotopic (exact) mass is 277 g/mol. The van der Waals surface area contributed by atoms with Crippen molar-refractivity contribution in [1.29, 1.82) is 0 Å². The van der Waals surface area contributed by atoms with Crippen molar-refractivity contribution < 1.29 is 9.84 Å². The van der Waals surface area contributed by atoms with Crippen LogP contribution in [0.25, 0.3) is 0 Å². The third-order valence-electron chi connectivity index (χ3n) is 2.98. The summed E-state index contributed by atoms with van der Waals surface area (Å²) in [6, 6.07) is 3.44. The Bertz CT molecular complexity index is 394. The van der Waals surface area contributed by atoms with Crippen molar-refractivity contribution in [2.75, 3.05) is 7.11 Å². The van der Waals surface area contributed by atoms with Gasteiger partial charge in [-0.2, -0.15) is 0 Å². The largest absolute Gasteiger partial charge is 0.503 e. The molecule has 1 fully saturated rings. The molecule has 1 aromatic carbocycles. The van der Waals surface area contributed by atoms with Gasteiger partial charge in [0.2, 0.25) is 0 Å². The molecule has 5 heteroatoms. The predicted molar refractivity (Wildman–Crippen MR) is 71.2 cm³/mol. The molecule has 1 aliphatic carbocycles. The minimum absolute atomic E-state index is 0. The van der Waals surface area contributed by atoms with Crippen LogP contribution in [-0.2, 0) is 0 Å². The Balaban J connectivity index is 0.00000144. The smallest absolute Gasteiger partial charge is 0.176 e. The Morgan fingerprint density at radius 2 is 2.18 bits per heavy atom. The standard InChI is InChI=1S/C12H16ClNO2.ClH/c1-16-11-6-8(5-9(13)12(11)15)10(14)4-7-2-3-7;/h5-7,10,15H,2-4,14H2,1H3;1H/t10-;/m0./s1. The highest BCUT2D eigenvalue weighted by atomic mass is 35.5. The average molecular weight is 278 g/mol. The van der Waals surface area contributed by atoms with E-state index in [1.54, 1.807) is 12.1 Å². The van der Waals surface area contributed by atoms with Gasteiger partial charge >= 0.3 is 0 Å². The van der Waals surface area contributed by atoms with Gasteiger partial charge in [-0.1, -0.05) is 24.4 Å². The quantitative estimate of drug-likeness (QED) is 0.888. The second-order valence-corrected chi connectivity index (χ2v) is 4.75. The number of phenols is 1. The lowest BCUT2D eigenvalue weighted by Crippen LogP contribution is -2.11. The lowest BCUT2D eigenvalue weighted by atomic mass is 10.0. The van der Waals surface area contributed by atoms with Gasteiger partial charge in [0, 0.05) is 6.04 Å². The SMILES string of the molecule is COc1cc([C@@H](N)CC2CC2)cc(Cl)c1O.Cl. The van der Waals surface area contributed by atoms with Crippen LogP contribution in [0, 0.1) is 5.92 Å². The summed E-state index contributed by atoms with van der Waals surface area (Å²) in [6.45, 7) is 0. The van der Waals surface area contributed by atoms with Crippen LogP contribution in [0.15, 0.2) is 12.1 Å². The van der Waals surface area contributed by atoms with E-state index >= 15 is 0 Å². The van der Waals surface area contributed by atoms with E-state index in [1.165, 1.54) is 20.0 Å². The van der Waals surface area contributed by atoms with Gasteiger partial charge in [0.1, 0.15) is 0 Å². The summed E-state index contributed by atoms with van der Waals surface area (Å²) >= 11 is 5.91. The maximum absolute atomic E-state index is 9.60. The second kappa shape index (κ2) is 5.80. The van der Waals surface area contributed by atoms with Crippen LogP contribution in [0.1, 0.15) is 30.9 Å². The zero-order valence-corrected chi connectivity index (χ0v) is 11.2. The van der Waals surface area contributed by atoms with Gasteiger partial charge in [0.05, 0.1) is 12.1 Å². The summed E-state index contributed by atoms with van der Waals surface area (Å²) in [5.41, 5.74) is 7.01. The number of ether oxygens (including phenoxy) is 1. The van der Waals surface area contributed by atoms with E-state index in [-0.39, 0.29) is 24.2 Å². The number of methoxy groups -OCH3 is 1. The van der Waals surface area contributed by atoms with Crippen LogP contribution in [0.3, 0.4) is 0 Å². The van der Waals surface area contributed by atoms with E-state index in [4.69, 9.17) is 22.1 Å². The highest BCUT2D eigenvalue weighted by molar-refractivity contribution is 6.32. The van der Waals surface area contributed by atoms with E-state index in [2.05, 4.69) is 0 Å². The Morgan fingerprint density at radius 1 is 1.53 bits per heavy atom. The average Bonchev–Trinajstić information content (AvgIpc) is 3.05. The molecule has 3 N–H and O–H groups in total. The first-order valence-corrected chi connectivity index (χ1v) is 5.81. The summed E-state index contributed by atoms with van der Waals surface area (Å²) < 4.78 is 5.05. The summed E-state index contributed by atoms with van der Waals surface area (Å²) in [4.78, 5) is 0. The van der Waals surface area contributed by atoms with Crippen LogP contribution in [0.4, 0.5) is 0 Å². The third kappa shape index (κ3) is 3.41. The number of benzene rings is 1. The van der Waals surface area contributed by atoms with Crippen LogP contribution >= 0.6 is 24.0 Å². The molecule has 3 nitrogen and oxygen atoms in total. The molecule has 1 aromatic rings. The molecule has 0 spiro atoms. The van der Waals surface area contributed by atoms with Crippen LogP contribution in [0.5, 0.6) is 11.5 Å². The van der Waals surface area contributed by atoms with Crippen molar-refractivity contribution in [1.82, 2.24) is 0 Å². The van der Waals surface area contributed by atoms with Crippen molar-refractivity contribution >= 4 is 24.0 Å². The summed E-state index contributed by atoms with van der Waals surface area (Å²) in [7, 11) is 1.50. The van der Waals surface area contributed by atoms with Crippen molar-refractivity contribution in [3.8, 4) is 11.5 Å². The minimum atomic E-state index is -0.0282. The van der Waals surface area contributed by atoms with Gasteiger partial charge in [-0.15, -0.1) is 12.4 Å². The van der Waals surface area contributed by atoms with E-state index in [0.29, 0.717) is 10.8 Å². The molecule has 2 rings (SSSR count). The maximum atomic E-state index is 9.60. The Morgan fingerprint density at radius 3 is 2.71 bits per heavy atom. The number of hydrogen-bond donors (Lipinski definition) is 2. The molecule has 17 heavy (non-hydrogen) atoms. The molecule has 0 bridgehead atoms. The third-order valence-corrected chi connectivity index (χ3v) is 3.27. The molecule has 0 radical (unpaired) electrons. The first-order valence-electron chi connectivity index (χ1n) is 5.43. The second-order valence-electron chi connectivity index (χ2n) is 4.34. The van der Waals surface area contributed by atoms with Gasteiger partial charge in [0.15, 0.2) is 11.5 Å². The molecule has 96 valence electrons. The number of phenolic OH excluding ortho intramolecular Hbond substituents is 1. The topological polar surface area (TPSA) is 55.5 Å². The van der Waals surface area contributed by atoms with Gasteiger partial charge in [-0.25, -0.2) is 0 Å².